The summed E-state index contributed by atoms with van der Waals surface area (Å²) in [4.78, 5) is 12.3. The molecule has 1 rings (SSSR count). The van der Waals surface area contributed by atoms with E-state index in [9.17, 15) is 4.79 Å². The summed E-state index contributed by atoms with van der Waals surface area (Å²) in [5, 5.41) is 6.36. The summed E-state index contributed by atoms with van der Waals surface area (Å²) in [5.74, 6) is 0.451. The van der Waals surface area contributed by atoms with Gasteiger partial charge >= 0.3 is 0 Å². The molecule has 4 N–H and O–H groups in total. The van der Waals surface area contributed by atoms with Gasteiger partial charge in [0.15, 0.2) is 0 Å². The third kappa shape index (κ3) is 5.38. The zero-order valence-electron chi connectivity index (χ0n) is 14.1. The Labute approximate surface area is 128 Å². The molecular weight excluding hydrogens is 262 g/mol. The van der Waals surface area contributed by atoms with Crippen LogP contribution < -0.4 is 16.4 Å². The summed E-state index contributed by atoms with van der Waals surface area (Å²) >= 11 is 0. The lowest BCUT2D eigenvalue weighted by Crippen LogP contribution is -2.45. The smallest absolute Gasteiger partial charge is 0.251 e. The molecule has 0 aromatic heterocycles. The average molecular weight is 291 g/mol. The number of anilines is 1. The molecule has 0 aliphatic rings. The van der Waals surface area contributed by atoms with Gasteiger partial charge in [-0.1, -0.05) is 19.9 Å². The molecule has 0 radical (unpaired) electrons. The van der Waals surface area contributed by atoms with Crippen LogP contribution in [0, 0.1) is 12.8 Å². The maximum absolute atomic E-state index is 12.3. The first-order valence-corrected chi connectivity index (χ1v) is 7.55. The molecule has 1 aromatic rings. The van der Waals surface area contributed by atoms with Crippen molar-refractivity contribution >= 4 is 11.6 Å². The normalized spacial score (nSPS) is 13.1. The molecule has 4 nitrogen and oxygen atoms in total. The van der Waals surface area contributed by atoms with Gasteiger partial charge in [-0.05, 0) is 51.3 Å². The molecule has 0 saturated carbocycles. The zero-order valence-corrected chi connectivity index (χ0v) is 14.1. The lowest BCUT2D eigenvalue weighted by atomic mass is 10.0. The first kappa shape index (κ1) is 17.5. The topological polar surface area (TPSA) is 67.2 Å². The van der Waals surface area contributed by atoms with Crippen molar-refractivity contribution < 1.29 is 4.79 Å². The number of hydrogen-bond donors (Lipinski definition) is 3. The maximum Gasteiger partial charge on any atom is 0.251 e. The van der Waals surface area contributed by atoms with E-state index < -0.39 is 5.54 Å². The highest BCUT2D eigenvalue weighted by Gasteiger charge is 2.16. The molecule has 0 saturated heterocycles. The zero-order chi connectivity index (χ0) is 16.2. The number of benzene rings is 1. The van der Waals surface area contributed by atoms with E-state index in [1.807, 2.05) is 39.0 Å². The van der Waals surface area contributed by atoms with Gasteiger partial charge in [-0.25, -0.2) is 0 Å². The Morgan fingerprint density at radius 2 is 1.90 bits per heavy atom. The SMILES string of the molecule is Cc1c(NC(C)C(C)C)cccc1C(=O)NCC(C)(C)N. The summed E-state index contributed by atoms with van der Waals surface area (Å²) in [6.45, 7) is 12.7. The molecule has 0 fully saturated rings. The van der Waals surface area contributed by atoms with Crippen LogP contribution in [-0.2, 0) is 0 Å². The predicted molar refractivity (Wildman–Crippen MR) is 89.7 cm³/mol. The van der Waals surface area contributed by atoms with Crippen molar-refractivity contribution in [2.24, 2.45) is 11.7 Å². The van der Waals surface area contributed by atoms with E-state index >= 15 is 0 Å². The molecule has 0 aliphatic carbocycles. The van der Waals surface area contributed by atoms with E-state index in [1.165, 1.54) is 0 Å². The van der Waals surface area contributed by atoms with Crippen LogP contribution >= 0.6 is 0 Å². The first-order valence-electron chi connectivity index (χ1n) is 7.55. The van der Waals surface area contributed by atoms with Crippen molar-refractivity contribution in [3.63, 3.8) is 0 Å². The molecule has 21 heavy (non-hydrogen) atoms. The third-order valence-electron chi connectivity index (χ3n) is 3.67. The van der Waals surface area contributed by atoms with Crippen molar-refractivity contribution in [3.05, 3.63) is 29.3 Å². The molecule has 0 spiro atoms. The average Bonchev–Trinajstić information content (AvgIpc) is 2.37. The molecule has 1 aromatic carbocycles. The lowest BCUT2D eigenvalue weighted by molar-refractivity contribution is 0.0945. The minimum atomic E-state index is -0.411. The fourth-order valence-electron chi connectivity index (χ4n) is 1.85. The number of rotatable bonds is 6. The van der Waals surface area contributed by atoms with Gasteiger partial charge in [-0.3, -0.25) is 4.79 Å². The standard InChI is InChI=1S/C17H29N3O/c1-11(2)13(4)20-15-9-7-8-14(12(15)3)16(21)19-10-17(5,6)18/h7-9,11,13,20H,10,18H2,1-6H3,(H,19,21). The predicted octanol–water partition coefficient (Wildman–Crippen LogP) is 2.92. The minimum absolute atomic E-state index is 0.0770. The number of amides is 1. The van der Waals surface area contributed by atoms with Crippen molar-refractivity contribution in [3.8, 4) is 0 Å². The monoisotopic (exact) mass is 291 g/mol. The Morgan fingerprint density at radius 3 is 2.43 bits per heavy atom. The Bertz CT molecular complexity index is 489. The van der Waals surface area contributed by atoms with Crippen LogP contribution in [0.3, 0.4) is 0 Å². The van der Waals surface area contributed by atoms with E-state index in [1.54, 1.807) is 0 Å². The van der Waals surface area contributed by atoms with Crippen LogP contribution in [0.25, 0.3) is 0 Å². The number of nitrogens with one attached hydrogen (secondary N) is 2. The van der Waals surface area contributed by atoms with E-state index in [0.29, 0.717) is 24.1 Å². The summed E-state index contributed by atoms with van der Waals surface area (Å²) in [7, 11) is 0. The molecule has 0 bridgehead atoms. The fourth-order valence-corrected chi connectivity index (χ4v) is 1.85. The highest BCUT2D eigenvalue weighted by atomic mass is 16.1. The first-order chi connectivity index (χ1) is 9.61. The van der Waals surface area contributed by atoms with Crippen LogP contribution in [-0.4, -0.2) is 24.0 Å². The quantitative estimate of drug-likeness (QED) is 0.755. The van der Waals surface area contributed by atoms with Crippen LogP contribution in [0.4, 0.5) is 5.69 Å². The Morgan fingerprint density at radius 1 is 1.29 bits per heavy atom. The highest BCUT2D eigenvalue weighted by Crippen LogP contribution is 2.21. The molecule has 118 valence electrons. The number of carbonyl (C=O) groups is 1. The van der Waals surface area contributed by atoms with Crippen molar-refractivity contribution in [2.75, 3.05) is 11.9 Å². The number of hydrogen-bond acceptors (Lipinski definition) is 3. The van der Waals surface area contributed by atoms with Gasteiger partial charge < -0.3 is 16.4 Å². The van der Waals surface area contributed by atoms with Crippen LogP contribution in [0.5, 0.6) is 0 Å². The highest BCUT2D eigenvalue weighted by molar-refractivity contribution is 5.97. The van der Waals surface area contributed by atoms with Crippen LogP contribution in [0.2, 0.25) is 0 Å². The van der Waals surface area contributed by atoms with Gasteiger partial charge in [-0.2, -0.15) is 0 Å². The maximum atomic E-state index is 12.3. The van der Waals surface area contributed by atoms with Crippen molar-refractivity contribution in [1.82, 2.24) is 5.32 Å². The second-order valence-electron chi connectivity index (χ2n) is 6.83. The minimum Gasteiger partial charge on any atom is -0.382 e. The summed E-state index contributed by atoms with van der Waals surface area (Å²) < 4.78 is 0. The summed E-state index contributed by atoms with van der Waals surface area (Å²) in [6.07, 6.45) is 0. The van der Waals surface area contributed by atoms with Gasteiger partial charge in [-0.15, -0.1) is 0 Å². The van der Waals surface area contributed by atoms with Crippen LogP contribution in [0.1, 0.15) is 50.5 Å². The van der Waals surface area contributed by atoms with Gasteiger partial charge in [0.2, 0.25) is 0 Å². The summed E-state index contributed by atoms with van der Waals surface area (Å²) in [6, 6.07) is 6.12. The lowest BCUT2D eigenvalue weighted by Gasteiger charge is -2.22. The second-order valence-corrected chi connectivity index (χ2v) is 6.83. The number of carbonyl (C=O) groups excluding carboxylic acids is 1. The molecule has 1 unspecified atom stereocenters. The van der Waals surface area contributed by atoms with Crippen LogP contribution in [0.15, 0.2) is 18.2 Å². The third-order valence-corrected chi connectivity index (χ3v) is 3.67. The molecule has 1 atom stereocenters. The molecule has 0 heterocycles. The summed E-state index contributed by atoms with van der Waals surface area (Å²) in [5.41, 5.74) is 8.17. The van der Waals surface area contributed by atoms with Gasteiger partial charge in [0.05, 0.1) is 0 Å². The Hall–Kier alpha value is -1.55. The molecule has 1 amide bonds. The molecule has 0 aliphatic heterocycles. The van der Waals surface area contributed by atoms with Crippen molar-refractivity contribution in [1.29, 1.82) is 0 Å². The Kier molecular flexibility index (Phi) is 5.78. The van der Waals surface area contributed by atoms with Crippen molar-refractivity contribution in [2.45, 2.75) is 53.1 Å². The van der Waals surface area contributed by atoms with Gasteiger partial charge in [0.25, 0.3) is 5.91 Å². The largest absolute Gasteiger partial charge is 0.382 e. The van der Waals surface area contributed by atoms with Gasteiger partial charge in [0.1, 0.15) is 0 Å². The fraction of sp³-hybridized carbons (Fsp3) is 0.588. The molecule has 4 heteroatoms. The number of nitrogens with two attached hydrogens (primary N) is 1. The van der Waals surface area contributed by atoms with E-state index in [4.69, 9.17) is 5.73 Å². The van der Waals surface area contributed by atoms with E-state index in [0.717, 1.165) is 11.3 Å². The Balaban J connectivity index is 2.87. The van der Waals surface area contributed by atoms with Gasteiger partial charge in [0, 0.05) is 29.4 Å². The van der Waals surface area contributed by atoms with E-state index in [-0.39, 0.29) is 5.91 Å². The second kappa shape index (κ2) is 6.94. The van der Waals surface area contributed by atoms with E-state index in [2.05, 4.69) is 31.4 Å². The molecular formula is C17H29N3O.